The van der Waals surface area contributed by atoms with Crippen LogP contribution >= 0.6 is 11.6 Å². The molecule has 1 aliphatic carbocycles. The lowest BCUT2D eigenvalue weighted by molar-refractivity contribution is 0.0919. The summed E-state index contributed by atoms with van der Waals surface area (Å²) in [5, 5.41) is 16.8. The molecule has 1 aliphatic rings. The molecule has 0 spiro atoms. The molecule has 2 N–H and O–H groups in total. The fourth-order valence-corrected chi connectivity index (χ4v) is 3.06. The molecule has 128 valence electrons. The number of aliphatic hydroxyl groups excluding tert-OH is 1. The molecule has 0 bridgehead atoms. The standard InChI is InChI=1S/C17H21ClN4O2/c1-10-9-11(2)22(21-10)15-6-5-13(18)16(20-15)17(24)19-14(7-8-23)12-3-4-12/h5-6,9,12,14,23H,3-4,7-8H2,1-2H3,(H,19,24). The largest absolute Gasteiger partial charge is 0.396 e. The van der Waals surface area contributed by atoms with Crippen LogP contribution in [0.3, 0.4) is 0 Å². The first-order valence-electron chi connectivity index (χ1n) is 8.11. The number of hydrogen-bond acceptors (Lipinski definition) is 4. The second-order valence-electron chi connectivity index (χ2n) is 6.27. The van der Waals surface area contributed by atoms with Crippen molar-refractivity contribution >= 4 is 17.5 Å². The Bertz CT molecular complexity index is 755. The molecule has 2 aromatic heterocycles. The maximum atomic E-state index is 12.6. The van der Waals surface area contributed by atoms with Gasteiger partial charge in [-0.2, -0.15) is 5.10 Å². The quantitative estimate of drug-likeness (QED) is 0.840. The second kappa shape index (κ2) is 6.91. The van der Waals surface area contributed by atoms with Crippen LogP contribution in [-0.2, 0) is 0 Å². The molecule has 1 unspecified atom stereocenters. The zero-order valence-electron chi connectivity index (χ0n) is 13.8. The number of halogens is 1. The zero-order valence-corrected chi connectivity index (χ0v) is 14.5. The van der Waals surface area contributed by atoms with Crippen molar-refractivity contribution in [2.45, 2.75) is 39.2 Å². The molecule has 0 aliphatic heterocycles. The maximum absolute atomic E-state index is 12.6. The van der Waals surface area contributed by atoms with Crippen LogP contribution in [0.4, 0.5) is 0 Å². The van der Waals surface area contributed by atoms with E-state index in [4.69, 9.17) is 11.6 Å². The van der Waals surface area contributed by atoms with E-state index in [9.17, 15) is 9.90 Å². The zero-order chi connectivity index (χ0) is 17.3. The minimum atomic E-state index is -0.311. The summed E-state index contributed by atoms with van der Waals surface area (Å²) in [6.07, 6.45) is 2.71. The van der Waals surface area contributed by atoms with Crippen LogP contribution in [0, 0.1) is 19.8 Å². The van der Waals surface area contributed by atoms with Crippen LogP contribution in [-0.4, -0.2) is 38.4 Å². The van der Waals surface area contributed by atoms with Gasteiger partial charge in [0.1, 0.15) is 5.69 Å². The Morgan fingerprint density at radius 3 is 2.79 bits per heavy atom. The number of amides is 1. The van der Waals surface area contributed by atoms with Gasteiger partial charge in [0, 0.05) is 18.3 Å². The van der Waals surface area contributed by atoms with Crippen LogP contribution in [0.25, 0.3) is 5.82 Å². The number of pyridine rings is 1. The number of carbonyl (C=O) groups is 1. The molecular formula is C17H21ClN4O2. The van der Waals surface area contributed by atoms with Gasteiger partial charge >= 0.3 is 0 Å². The lowest BCUT2D eigenvalue weighted by Crippen LogP contribution is -2.37. The first-order chi connectivity index (χ1) is 11.5. The van der Waals surface area contributed by atoms with Gasteiger partial charge in [0.15, 0.2) is 5.82 Å². The van der Waals surface area contributed by atoms with E-state index >= 15 is 0 Å². The van der Waals surface area contributed by atoms with E-state index in [0.717, 1.165) is 24.2 Å². The summed E-state index contributed by atoms with van der Waals surface area (Å²) in [5.41, 5.74) is 2.00. The Hall–Kier alpha value is -1.92. The molecule has 2 aromatic rings. The molecular weight excluding hydrogens is 328 g/mol. The highest BCUT2D eigenvalue weighted by molar-refractivity contribution is 6.33. The Morgan fingerprint density at radius 2 is 2.21 bits per heavy atom. The molecule has 0 radical (unpaired) electrons. The van der Waals surface area contributed by atoms with E-state index in [2.05, 4.69) is 15.4 Å². The van der Waals surface area contributed by atoms with Crippen molar-refractivity contribution < 1.29 is 9.90 Å². The van der Waals surface area contributed by atoms with Crippen LogP contribution < -0.4 is 5.32 Å². The third-order valence-electron chi connectivity index (χ3n) is 4.22. The van der Waals surface area contributed by atoms with Gasteiger partial charge in [-0.15, -0.1) is 0 Å². The number of hydrogen-bond donors (Lipinski definition) is 2. The number of nitrogens with one attached hydrogen (secondary N) is 1. The summed E-state index contributed by atoms with van der Waals surface area (Å²) in [4.78, 5) is 17.0. The van der Waals surface area contributed by atoms with Crippen molar-refractivity contribution in [1.29, 1.82) is 0 Å². The van der Waals surface area contributed by atoms with Crippen molar-refractivity contribution in [1.82, 2.24) is 20.1 Å². The molecule has 2 heterocycles. The predicted octanol–water partition coefficient (Wildman–Crippen LogP) is 2.43. The van der Waals surface area contributed by atoms with Gasteiger partial charge in [0.2, 0.25) is 0 Å². The summed E-state index contributed by atoms with van der Waals surface area (Å²) in [7, 11) is 0. The normalized spacial score (nSPS) is 15.3. The number of aryl methyl sites for hydroxylation is 2. The lowest BCUT2D eigenvalue weighted by atomic mass is 10.1. The predicted molar refractivity (Wildman–Crippen MR) is 91.5 cm³/mol. The van der Waals surface area contributed by atoms with Gasteiger partial charge in [0.25, 0.3) is 5.91 Å². The molecule has 7 heteroatoms. The summed E-state index contributed by atoms with van der Waals surface area (Å²) in [6, 6.07) is 5.32. The molecule has 1 fully saturated rings. The number of aromatic nitrogens is 3. The first-order valence-corrected chi connectivity index (χ1v) is 8.49. The molecule has 3 rings (SSSR count). The Labute approximate surface area is 145 Å². The highest BCUT2D eigenvalue weighted by Crippen LogP contribution is 2.34. The maximum Gasteiger partial charge on any atom is 0.271 e. The number of rotatable bonds is 6. The Kier molecular flexibility index (Phi) is 4.87. The van der Waals surface area contributed by atoms with E-state index < -0.39 is 0 Å². The molecule has 1 atom stereocenters. The Balaban J connectivity index is 1.85. The van der Waals surface area contributed by atoms with Crippen LogP contribution in [0.5, 0.6) is 0 Å². The monoisotopic (exact) mass is 348 g/mol. The van der Waals surface area contributed by atoms with Crippen LogP contribution in [0.15, 0.2) is 18.2 Å². The van der Waals surface area contributed by atoms with Gasteiger partial charge in [-0.1, -0.05) is 11.6 Å². The lowest BCUT2D eigenvalue weighted by Gasteiger charge is -2.17. The second-order valence-corrected chi connectivity index (χ2v) is 6.68. The van der Waals surface area contributed by atoms with E-state index in [-0.39, 0.29) is 24.2 Å². The van der Waals surface area contributed by atoms with Crippen molar-refractivity contribution in [3.05, 3.63) is 40.3 Å². The van der Waals surface area contributed by atoms with Crippen molar-refractivity contribution in [3.8, 4) is 5.82 Å². The molecule has 1 amide bonds. The number of carbonyl (C=O) groups excluding carboxylic acids is 1. The molecule has 0 aromatic carbocycles. The average molecular weight is 349 g/mol. The van der Waals surface area contributed by atoms with Gasteiger partial charge in [0.05, 0.1) is 10.7 Å². The minimum Gasteiger partial charge on any atom is -0.396 e. The summed E-state index contributed by atoms with van der Waals surface area (Å²) in [5.74, 6) is 0.688. The van der Waals surface area contributed by atoms with Gasteiger partial charge < -0.3 is 10.4 Å². The summed E-state index contributed by atoms with van der Waals surface area (Å²) >= 11 is 6.18. The topological polar surface area (TPSA) is 80.0 Å². The van der Waals surface area contributed by atoms with E-state index in [1.54, 1.807) is 16.8 Å². The van der Waals surface area contributed by atoms with E-state index in [1.807, 2.05) is 19.9 Å². The van der Waals surface area contributed by atoms with Gasteiger partial charge in [-0.25, -0.2) is 9.67 Å². The van der Waals surface area contributed by atoms with Crippen LogP contribution in [0.1, 0.15) is 41.1 Å². The van der Waals surface area contributed by atoms with E-state index in [1.165, 1.54) is 0 Å². The van der Waals surface area contributed by atoms with Gasteiger partial charge in [-0.3, -0.25) is 4.79 Å². The first kappa shape index (κ1) is 16.9. The fourth-order valence-electron chi connectivity index (χ4n) is 2.87. The third kappa shape index (κ3) is 3.60. The van der Waals surface area contributed by atoms with Crippen molar-refractivity contribution in [2.24, 2.45) is 5.92 Å². The summed E-state index contributed by atoms with van der Waals surface area (Å²) < 4.78 is 1.69. The van der Waals surface area contributed by atoms with Crippen LogP contribution in [0.2, 0.25) is 5.02 Å². The smallest absolute Gasteiger partial charge is 0.271 e. The Morgan fingerprint density at radius 1 is 1.46 bits per heavy atom. The van der Waals surface area contributed by atoms with Crippen molar-refractivity contribution in [3.63, 3.8) is 0 Å². The average Bonchev–Trinajstić information content (AvgIpc) is 3.32. The SMILES string of the molecule is Cc1cc(C)n(-c2ccc(Cl)c(C(=O)NC(CCO)C3CC3)n2)n1. The molecule has 0 saturated heterocycles. The molecule has 6 nitrogen and oxygen atoms in total. The minimum absolute atomic E-state index is 0.0299. The van der Waals surface area contributed by atoms with Crippen molar-refractivity contribution in [2.75, 3.05) is 6.61 Å². The molecule has 24 heavy (non-hydrogen) atoms. The third-order valence-corrected chi connectivity index (χ3v) is 4.53. The molecule has 1 saturated carbocycles. The number of nitrogens with zero attached hydrogens (tertiary/aromatic N) is 3. The fraction of sp³-hybridized carbons (Fsp3) is 0.471. The van der Waals surface area contributed by atoms with Gasteiger partial charge in [-0.05, 0) is 57.2 Å². The van der Waals surface area contributed by atoms with E-state index in [0.29, 0.717) is 23.2 Å². The summed E-state index contributed by atoms with van der Waals surface area (Å²) in [6.45, 7) is 3.89. The number of aliphatic hydroxyl groups is 1. The highest BCUT2D eigenvalue weighted by Gasteiger charge is 2.32. The highest BCUT2D eigenvalue weighted by atomic mass is 35.5.